The lowest BCUT2D eigenvalue weighted by Gasteiger charge is -2.26. The number of rotatable bonds is 3. The zero-order chi connectivity index (χ0) is 13.1. The molecule has 17 heavy (non-hydrogen) atoms. The van der Waals surface area contributed by atoms with Gasteiger partial charge in [-0.15, -0.1) is 0 Å². The smallest absolute Gasteiger partial charge is 0.226 e. The van der Waals surface area contributed by atoms with Crippen molar-refractivity contribution in [1.29, 1.82) is 0 Å². The highest BCUT2D eigenvalue weighted by Gasteiger charge is 2.23. The van der Waals surface area contributed by atoms with Crippen molar-refractivity contribution in [2.75, 3.05) is 5.32 Å². The number of amides is 1. The van der Waals surface area contributed by atoms with Crippen molar-refractivity contribution in [3.05, 3.63) is 23.5 Å². The van der Waals surface area contributed by atoms with Crippen LogP contribution in [0.4, 0.5) is 5.69 Å². The number of hydrogen-bond acceptors (Lipinski definition) is 3. The molecular formula is C12H18ClN3O. The summed E-state index contributed by atoms with van der Waals surface area (Å²) in [5.74, 6) is -0.151. The van der Waals surface area contributed by atoms with Gasteiger partial charge in [0.05, 0.1) is 16.9 Å². The van der Waals surface area contributed by atoms with E-state index in [1.165, 1.54) is 6.20 Å². The van der Waals surface area contributed by atoms with E-state index in [9.17, 15) is 4.79 Å². The Bertz CT molecular complexity index is 401. The number of aromatic nitrogens is 1. The fraction of sp³-hybridized carbons (Fsp3) is 0.500. The molecule has 0 aromatic carbocycles. The lowest BCUT2D eigenvalue weighted by atomic mass is 9.85. The second-order valence-corrected chi connectivity index (χ2v) is 5.49. The third-order valence-corrected chi connectivity index (χ3v) is 2.89. The number of carbonyl (C=O) groups excluding carboxylic acids is 1. The summed E-state index contributed by atoms with van der Waals surface area (Å²) in [5, 5.41) is 3.17. The van der Waals surface area contributed by atoms with Crippen LogP contribution in [-0.2, 0) is 4.79 Å². The summed E-state index contributed by atoms with van der Waals surface area (Å²) in [6.07, 6.45) is 3.34. The fourth-order valence-electron chi connectivity index (χ4n) is 1.18. The molecule has 0 aliphatic heterocycles. The van der Waals surface area contributed by atoms with Gasteiger partial charge in [-0.25, -0.2) is 0 Å². The Morgan fingerprint density at radius 2 is 2.24 bits per heavy atom. The maximum atomic E-state index is 11.7. The lowest BCUT2D eigenvalue weighted by molar-refractivity contribution is -0.117. The quantitative estimate of drug-likeness (QED) is 0.872. The number of halogens is 1. The molecule has 0 fully saturated rings. The molecule has 94 valence electrons. The Morgan fingerprint density at radius 1 is 1.59 bits per heavy atom. The third kappa shape index (κ3) is 4.32. The molecule has 0 saturated carbocycles. The summed E-state index contributed by atoms with van der Waals surface area (Å²) in [4.78, 5) is 15.6. The molecular weight excluding hydrogens is 238 g/mol. The van der Waals surface area contributed by atoms with Gasteiger partial charge in [0, 0.05) is 18.7 Å². The fourth-order valence-corrected chi connectivity index (χ4v) is 1.33. The number of pyridine rings is 1. The number of nitrogens with one attached hydrogen (secondary N) is 1. The van der Waals surface area contributed by atoms with E-state index in [2.05, 4.69) is 10.3 Å². The van der Waals surface area contributed by atoms with Crippen molar-refractivity contribution < 1.29 is 4.79 Å². The van der Waals surface area contributed by atoms with Gasteiger partial charge in [0.1, 0.15) is 0 Å². The van der Waals surface area contributed by atoms with Crippen molar-refractivity contribution in [3.63, 3.8) is 0 Å². The summed E-state index contributed by atoms with van der Waals surface area (Å²) in [5.41, 5.74) is 6.35. The topological polar surface area (TPSA) is 68.0 Å². The van der Waals surface area contributed by atoms with Crippen molar-refractivity contribution >= 4 is 23.2 Å². The summed E-state index contributed by atoms with van der Waals surface area (Å²) < 4.78 is 0. The van der Waals surface area contributed by atoms with Crippen molar-refractivity contribution in [1.82, 2.24) is 4.98 Å². The van der Waals surface area contributed by atoms with Crippen LogP contribution in [0.3, 0.4) is 0 Å². The first-order valence-electron chi connectivity index (χ1n) is 5.45. The summed E-state index contributed by atoms with van der Waals surface area (Å²) in [6, 6.07) is 1.43. The number of carbonyl (C=O) groups is 1. The predicted octanol–water partition coefficient (Wildman–Crippen LogP) is 2.44. The number of hydrogen-bond donors (Lipinski definition) is 2. The minimum absolute atomic E-state index is 0.101. The van der Waals surface area contributed by atoms with E-state index in [4.69, 9.17) is 17.3 Å². The van der Waals surface area contributed by atoms with Crippen LogP contribution in [0, 0.1) is 5.41 Å². The summed E-state index contributed by atoms with van der Waals surface area (Å²) in [7, 11) is 0. The normalized spacial score (nSPS) is 13.2. The van der Waals surface area contributed by atoms with E-state index in [1.807, 2.05) is 20.8 Å². The molecule has 0 bridgehead atoms. The van der Waals surface area contributed by atoms with Crippen LogP contribution in [0.15, 0.2) is 18.5 Å². The van der Waals surface area contributed by atoms with E-state index in [-0.39, 0.29) is 23.8 Å². The van der Waals surface area contributed by atoms with Crippen LogP contribution in [0.5, 0.6) is 0 Å². The lowest BCUT2D eigenvalue weighted by Crippen LogP contribution is -2.38. The van der Waals surface area contributed by atoms with Gasteiger partial charge in [0.15, 0.2) is 0 Å². The molecule has 1 aromatic rings. The van der Waals surface area contributed by atoms with Crippen LogP contribution in [0.1, 0.15) is 27.2 Å². The molecule has 1 aromatic heterocycles. The van der Waals surface area contributed by atoms with Gasteiger partial charge in [-0.2, -0.15) is 0 Å². The third-order valence-electron chi connectivity index (χ3n) is 2.56. The molecule has 0 saturated heterocycles. The van der Waals surface area contributed by atoms with Crippen LogP contribution in [0.25, 0.3) is 0 Å². The second-order valence-electron chi connectivity index (χ2n) is 5.08. The molecule has 5 heteroatoms. The van der Waals surface area contributed by atoms with E-state index in [1.54, 1.807) is 12.3 Å². The monoisotopic (exact) mass is 255 g/mol. The average molecular weight is 256 g/mol. The van der Waals surface area contributed by atoms with Crippen molar-refractivity contribution in [2.24, 2.45) is 11.1 Å². The molecule has 0 aliphatic carbocycles. The van der Waals surface area contributed by atoms with E-state index in [0.29, 0.717) is 10.7 Å². The summed E-state index contributed by atoms with van der Waals surface area (Å²) >= 11 is 5.91. The molecule has 0 spiro atoms. The van der Waals surface area contributed by atoms with Crippen LogP contribution in [0.2, 0.25) is 5.02 Å². The first-order valence-corrected chi connectivity index (χ1v) is 5.83. The van der Waals surface area contributed by atoms with Crippen molar-refractivity contribution in [3.8, 4) is 0 Å². The average Bonchev–Trinajstić information content (AvgIpc) is 2.20. The highest BCUT2D eigenvalue weighted by atomic mass is 35.5. The first kappa shape index (κ1) is 13.9. The molecule has 1 unspecified atom stereocenters. The van der Waals surface area contributed by atoms with Gasteiger partial charge >= 0.3 is 0 Å². The minimum Gasteiger partial charge on any atom is -0.327 e. The highest BCUT2D eigenvalue weighted by molar-refractivity contribution is 6.33. The van der Waals surface area contributed by atoms with Gasteiger partial charge < -0.3 is 11.1 Å². The van der Waals surface area contributed by atoms with Crippen LogP contribution < -0.4 is 11.1 Å². The minimum atomic E-state index is -0.196. The Hall–Kier alpha value is -1.13. The van der Waals surface area contributed by atoms with E-state index >= 15 is 0 Å². The van der Waals surface area contributed by atoms with E-state index in [0.717, 1.165) is 0 Å². The van der Waals surface area contributed by atoms with Gasteiger partial charge in [0.25, 0.3) is 0 Å². The van der Waals surface area contributed by atoms with Crippen LogP contribution in [-0.4, -0.2) is 16.9 Å². The van der Waals surface area contributed by atoms with Gasteiger partial charge in [0.2, 0.25) is 5.91 Å². The Morgan fingerprint density at radius 3 is 2.76 bits per heavy atom. The summed E-state index contributed by atoms with van der Waals surface area (Å²) in [6.45, 7) is 6.01. The van der Waals surface area contributed by atoms with Crippen LogP contribution >= 0.6 is 11.6 Å². The maximum Gasteiger partial charge on any atom is 0.226 e. The number of nitrogens with two attached hydrogens (primary N) is 1. The molecule has 1 heterocycles. The molecule has 1 amide bonds. The second kappa shape index (κ2) is 5.47. The predicted molar refractivity (Wildman–Crippen MR) is 69.9 cm³/mol. The van der Waals surface area contributed by atoms with Gasteiger partial charge in [-0.3, -0.25) is 9.78 Å². The highest BCUT2D eigenvalue weighted by Crippen LogP contribution is 2.22. The van der Waals surface area contributed by atoms with Gasteiger partial charge in [-0.05, 0) is 11.5 Å². The van der Waals surface area contributed by atoms with E-state index < -0.39 is 0 Å². The molecule has 1 atom stereocenters. The Labute approximate surface area is 107 Å². The Balaban J connectivity index is 2.60. The standard InChI is InChI=1S/C12H18ClN3O/c1-12(2,3)10(14)6-11(17)16-9-7-15-5-4-8(9)13/h4-5,7,10H,6,14H2,1-3H3,(H,16,17). The number of anilines is 1. The maximum absolute atomic E-state index is 11.7. The van der Waals surface area contributed by atoms with Gasteiger partial charge in [-0.1, -0.05) is 32.4 Å². The van der Waals surface area contributed by atoms with Crippen molar-refractivity contribution in [2.45, 2.75) is 33.2 Å². The Kier molecular flexibility index (Phi) is 4.48. The number of nitrogens with zero attached hydrogens (tertiary/aromatic N) is 1. The molecule has 3 N–H and O–H groups in total. The molecule has 4 nitrogen and oxygen atoms in total. The largest absolute Gasteiger partial charge is 0.327 e. The zero-order valence-corrected chi connectivity index (χ0v) is 11.1. The first-order chi connectivity index (χ1) is 7.80. The zero-order valence-electron chi connectivity index (χ0n) is 10.3. The molecule has 1 rings (SSSR count). The molecule has 0 radical (unpaired) electrons. The SMILES string of the molecule is CC(C)(C)C(N)CC(=O)Nc1cnccc1Cl. The molecule has 0 aliphatic rings.